The van der Waals surface area contributed by atoms with E-state index in [9.17, 15) is 48.0 Å². The summed E-state index contributed by atoms with van der Waals surface area (Å²) in [5.74, 6) is -2.42. The highest BCUT2D eigenvalue weighted by atomic mass is 19.4. The van der Waals surface area contributed by atoms with E-state index in [0.717, 1.165) is 17.7 Å². The summed E-state index contributed by atoms with van der Waals surface area (Å²) in [4.78, 5) is 38.6. The van der Waals surface area contributed by atoms with Crippen LogP contribution in [0.15, 0.2) is 66.7 Å². The summed E-state index contributed by atoms with van der Waals surface area (Å²) in [7, 11) is 1.35. The number of halogens is 3. The zero-order chi connectivity index (χ0) is 35.2. The van der Waals surface area contributed by atoms with E-state index in [1.807, 2.05) is 30.3 Å². The van der Waals surface area contributed by atoms with E-state index < -0.39 is 66.8 Å². The first kappa shape index (κ1) is 36.1. The number of nitrogens with one attached hydrogen (secondary N) is 1. The molecule has 0 saturated carbocycles. The lowest BCUT2D eigenvalue weighted by Crippen LogP contribution is -2.60. The number of nitrogens with zero attached hydrogens (tertiary/aromatic N) is 1. The van der Waals surface area contributed by atoms with Crippen LogP contribution in [0, 0.1) is 0 Å². The molecule has 1 aliphatic rings. The Morgan fingerprint density at radius 2 is 1.62 bits per heavy atom. The van der Waals surface area contributed by atoms with Crippen molar-refractivity contribution in [3.05, 3.63) is 89.0 Å². The number of hydrogen-bond acceptors (Lipinski definition) is 9. The highest BCUT2D eigenvalue weighted by Gasteiger charge is 2.48. The topological polar surface area (TPSA) is 175 Å². The van der Waals surface area contributed by atoms with E-state index >= 15 is 0 Å². The second-order valence-corrected chi connectivity index (χ2v) is 11.0. The fourth-order valence-electron chi connectivity index (χ4n) is 5.14. The number of carboxylic acids is 1. The van der Waals surface area contributed by atoms with Crippen molar-refractivity contribution in [1.82, 2.24) is 10.2 Å². The van der Waals surface area contributed by atoms with Gasteiger partial charge in [-0.15, -0.1) is 0 Å². The Kier molecular flexibility index (Phi) is 11.6. The number of alkyl halides is 3. The fourth-order valence-corrected chi connectivity index (χ4v) is 5.14. The molecule has 1 heterocycles. The number of aliphatic carboxylic acids is 1. The lowest BCUT2D eigenvalue weighted by molar-refractivity contribution is -0.286. The third-order valence-corrected chi connectivity index (χ3v) is 7.71. The molecule has 1 fully saturated rings. The molecule has 5 N–H and O–H groups in total. The number of esters is 1. The molecule has 3 aromatic rings. The van der Waals surface area contributed by atoms with Gasteiger partial charge >= 0.3 is 24.1 Å². The normalized spacial score (nSPS) is 20.9. The molecule has 3 aromatic carbocycles. The largest absolute Gasteiger partial charge is 0.496 e. The first-order valence-corrected chi connectivity index (χ1v) is 14.8. The number of benzene rings is 3. The quantitative estimate of drug-likeness (QED) is 0.190. The van der Waals surface area contributed by atoms with Crippen molar-refractivity contribution in [2.24, 2.45) is 0 Å². The van der Waals surface area contributed by atoms with Crippen molar-refractivity contribution in [3.8, 4) is 16.9 Å². The van der Waals surface area contributed by atoms with Gasteiger partial charge in [0.25, 0.3) is 0 Å². The highest BCUT2D eigenvalue weighted by molar-refractivity contribution is 5.79. The summed E-state index contributed by atoms with van der Waals surface area (Å²) in [5.41, 5.74) is 0.920. The first-order valence-electron chi connectivity index (χ1n) is 14.8. The van der Waals surface area contributed by atoms with Gasteiger partial charge in [0, 0.05) is 25.2 Å². The average molecular weight is 677 g/mol. The molecule has 0 spiro atoms. The number of aliphatic hydroxyl groups is 3. The molecular formula is C33H35F3N2O10. The third kappa shape index (κ3) is 8.60. The van der Waals surface area contributed by atoms with Crippen LogP contribution in [-0.4, -0.2) is 87.7 Å². The monoisotopic (exact) mass is 676 g/mol. The second kappa shape index (κ2) is 15.5. The molecule has 0 aliphatic carbocycles. The minimum atomic E-state index is -4.68. The van der Waals surface area contributed by atoms with Crippen LogP contribution in [0.4, 0.5) is 18.0 Å². The maximum Gasteiger partial charge on any atom is 0.416 e. The molecule has 2 amide bonds. The smallest absolute Gasteiger partial charge is 0.416 e. The van der Waals surface area contributed by atoms with Gasteiger partial charge in [0.2, 0.25) is 6.29 Å². The zero-order valence-corrected chi connectivity index (χ0v) is 25.9. The van der Waals surface area contributed by atoms with Crippen LogP contribution >= 0.6 is 0 Å². The van der Waals surface area contributed by atoms with E-state index in [2.05, 4.69) is 5.32 Å². The first-order chi connectivity index (χ1) is 22.7. The number of carbonyl (C=O) groups is 3. The lowest BCUT2D eigenvalue weighted by Gasteiger charge is -2.37. The van der Waals surface area contributed by atoms with Crippen molar-refractivity contribution in [1.29, 1.82) is 0 Å². The van der Waals surface area contributed by atoms with E-state index in [1.54, 1.807) is 6.92 Å². The van der Waals surface area contributed by atoms with Crippen LogP contribution in [0.25, 0.3) is 11.1 Å². The number of carboxylic acid groups (broad SMARTS) is 1. The molecule has 0 radical (unpaired) electrons. The number of urea groups is 1. The molecule has 15 heteroatoms. The lowest BCUT2D eigenvalue weighted by atomic mass is 9.94. The maximum atomic E-state index is 13.8. The van der Waals surface area contributed by atoms with Crippen LogP contribution < -0.4 is 10.1 Å². The fraction of sp³-hybridized carbons (Fsp3) is 0.364. The summed E-state index contributed by atoms with van der Waals surface area (Å²) in [5, 5.41) is 42.0. The van der Waals surface area contributed by atoms with Crippen LogP contribution in [0.1, 0.15) is 29.2 Å². The van der Waals surface area contributed by atoms with Gasteiger partial charge in [-0.05, 0) is 53.4 Å². The molecule has 258 valence electrons. The molecule has 5 atom stereocenters. The van der Waals surface area contributed by atoms with E-state index in [0.29, 0.717) is 5.56 Å². The van der Waals surface area contributed by atoms with Crippen molar-refractivity contribution >= 4 is 18.0 Å². The van der Waals surface area contributed by atoms with Crippen LogP contribution in [-0.2, 0) is 44.7 Å². The molecular weight excluding hydrogens is 641 g/mol. The Morgan fingerprint density at radius 3 is 2.25 bits per heavy atom. The minimum Gasteiger partial charge on any atom is -0.496 e. The highest BCUT2D eigenvalue weighted by Crippen LogP contribution is 2.38. The van der Waals surface area contributed by atoms with E-state index in [-0.39, 0.29) is 42.1 Å². The average Bonchev–Trinajstić information content (AvgIpc) is 3.06. The predicted molar refractivity (Wildman–Crippen MR) is 162 cm³/mol. The molecule has 1 aliphatic heterocycles. The second-order valence-electron chi connectivity index (χ2n) is 11.0. The predicted octanol–water partition coefficient (Wildman–Crippen LogP) is 3.09. The summed E-state index contributed by atoms with van der Waals surface area (Å²) >= 11 is 0. The van der Waals surface area contributed by atoms with Gasteiger partial charge in [0.15, 0.2) is 6.10 Å². The van der Waals surface area contributed by atoms with Gasteiger partial charge in [0.1, 0.15) is 24.1 Å². The number of hydrogen-bond donors (Lipinski definition) is 5. The number of aliphatic hydroxyl groups excluding tert-OH is 3. The van der Waals surface area contributed by atoms with Gasteiger partial charge in [0.05, 0.1) is 19.1 Å². The van der Waals surface area contributed by atoms with Gasteiger partial charge in [-0.1, -0.05) is 42.5 Å². The standard InChI is InChI=1S/C33H35F3N2O10/c1-3-38(32(45)37-16-18-7-5-4-6-8-18)17-20-15-21(33(34,35)36)10-11-22(20)23-13-19(9-12-24(23)46-2)14-25(39)47-31-28(42)26(40)27(41)29(48-31)30(43)44/h4-13,15,26-29,31,40-42H,3,14,16-17H2,1-2H3,(H,37,45)(H,43,44)/t26-,27-,28+,29-,31+/m0/s1. The van der Waals surface area contributed by atoms with Crippen LogP contribution in [0.2, 0.25) is 0 Å². The summed E-state index contributed by atoms with van der Waals surface area (Å²) in [6.45, 7) is 1.86. The Hall–Kier alpha value is -4.70. The minimum absolute atomic E-state index is 0.144. The Bertz CT molecular complexity index is 1600. The van der Waals surface area contributed by atoms with Gasteiger partial charge in [-0.2, -0.15) is 13.2 Å². The SMILES string of the molecule is CCN(Cc1cc(C(F)(F)F)ccc1-c1cc(CC(=O)O[C@@H]2O[C@H](C(=O)O)[C@@H](O)[C@H](O)[C@H]2O)ccc1OC)C(=O)NCc1ccccc1. The molecule has 12 nitrogen and oxygen atoms in total. The van der Waals surface area contributed by atoms with Crippen molar-refractivity contribution in [2.45, 2.75) is 63.3 Å². The van der Waals surface area contributed by atoms with Crippen LogP contribution in [0.3, 0.4) is 0 Å². The van der Waals surface area contributed by atoms with Crippen molar-refractivity contribution in [2.75, 3.05) is 13.7 Å². The van der Waals surface area contributed by atoms with Crippen LogP contribution in [0.5, 0.6) is 5.75 Å². The summed E-state index contributed by atoms with van der Waals surface area (Å²) in [6, 6.07) is 16.1. The van der Waals surface area contributed by atoms with E-state index in [4.69, 9.17) is 14.2 Å². The third-order valence-electron chi connectivity index (χ3n) is 7.71. The maximum absolute atomic E-state index is 13.8. The Balaban J connectivity index is 1.61. The molecule has 1 saturated heterocycles. The number of methoxy groups -OCH3 is 1. The number of rotatable bonds is 11. The number of carbonyl (C=O) groups excluding carboxylic acids is 2. The summed E-state index contributed by atoms with van der Waals surface area (Å²) < 4.78 is 57.0. The molecule has 0 aromatic heterocycles. The summed E-state index contributed by atoms with van der Waals surface area (Å²) in [6.07, 6.45) is -14.9. The molecule has 48 heavy (non-hydrogen) atoms. The number of amides is 2. The molecule has 0 unspecified atom stereocenters. The zero-order valence-electron chi connectivity index (χ0n) is 25.9. The van der Waals surface area contributed by atoms with Crippen molar-refractivity contribution < 1.29 is 62.2 Å². The van der Waals surface area contributed by atoms with Gasteiger partial charge in [-0.3, -0.25) is 4.79 Å². The van der Waals surface area contributed by atoms with E-state index in [1.165, 1.54) is 36.3 Å². The van der Waals surface area contributed by atoms with Gasteiger partial charge < -0.3 is 44.9 Å². The Labute approximate surface area is 273 Å². The molecule has 0 bridgehead atoms. The van der Waals surface area contributed by atoms with Crippen molar-refractivity contribution in [3.63, 3.8) is 0 Å². The molecule has 4 rings (SSSR count). The number of ether oxygens (including phenoxy) is 3. The Morgan fingerprint density at radius 1 is 0.917 bits per heavy atom. The van der Waals surface area contributed by atoms with Gasteiger partial charge in [-0.25, -0.2) is 9.59 Å².